The van der Waals surface area contributed by atoms with Crippen molar-refractivity contribution in [3.63, 3.8) is 0 Å². The van der Waals surface area contributed by atoms with Crippen LogP contribution in [0, 0.1) is 5.82 Å². The molecule has 1 fully saturated rings. The lowest BCUT2D eigenvalue weighted by Gasteiger charge is -2.35. The summed E-state index contributed by atoms with van der Waals surface area (Å²) in [5.74, 6) is 0.219. The molecular formula is C14H19BrFNO2. The molecule has 1 unspecified atom stereocenters. The molecule has 5 heteroatoms. The molecule has 3 nitrogen and oxygen atoms in total. The first-order valence-corrected chi connectivity index (χ1v) is 7.29. The van der Waals surface area contributed by atoms with Gasteiger partial charge < -0.3 is 9.47 Å². The van der Waals surface area contributed by atoms with Crippen LogP contribution < -0.4 is 4.74 Å². The topological polar surface area (TPSA) is 21.7 Å². The van der Waals surface area contributed by atoms with Gasteiger partial charge in [0.15, 0.2) is 0 Å². The summed E-state index contributed by atoms with van der Waals surface area (Å²) >= 11 is 3.12. The fraction of sp³-hybridized carbons (Fsp3) is 0.571. The summed E-state index contributed by atoms with van der Waals surface area (Å²) in [5, 5.41) is 0. The lowest BCUT2D eigenvalue weighted by Crippen LogP contribution is -2.47. The second-order valence-corrected chi connectivity index (χ2v) is 5.82. The largest absolute Gasteiger partial charge is 0.491 e. The summed E-state index contributed by atoms with van der Waals surface area (Å²) in [6.07, 6.45) is 0.0443. The van der Waals surface area contributed by atoms with Gasteiger partial charge in [0.05, 0.1) is 11.1 Å². The van der Waals surface area contributed by atoms with E-state index < -0.39 is 0 Å². The van der Waals surface area contributed by atoms with Gasteiger partial charge in [0.2, 0.25) is 0 Å². The fourth-order valence-corrected chi connectivity index (χ4v) is 2.31. The second kappa shape index (κ2) is 6.68. The highest BCUT2D eigenvalue weighted by Crippen LogP contribution is 2.21. The normalized spacial score (nSPS) is 20.8. The average molecular weight is 332 g/mol. The van der Waals surface area contributed by atoms with E-state index in [4.69, 9.17) is 9.47 Å². The van der Waals surface area contributed by atoms with Crippen molar-refractivity contribution in [2.24, 2.45) is 0 Å². The van der Waals surface area contributed by atoms with E-state index in [0.717, 1.165) is 19.7 Å². The molecule has 2 rings (SSSR count). The molecule has 1 heterocycles. The van der Waals surface area contributed by atoms with Gasteiger partial charge in [-0.15, -0.1) is 0 Å². The van der Waals surface area contributed by atoms with Crippen LogP contribution in [-0.2, 0) is 4.74 Å². The van der Waals surface area contributed by atoms with Crippen LogP contribution in [0.3, 0.4) is 0 Å². The van der Waals surface area contributed by atoms with Gasteiger partial charge in [0.25, 0.3) is 0 Å². The van der Waals surface area contributed by atoms with Crippen molar-refractivity contribution in [3.8, 4) is 5.75 Å². The summed E-state index contributed by atoms with van der Waals surface area (Å²) in [5.41, 5.74) is 0. The summed E-state index contributed by atoms with van der Waals surface area (Å²) in [7, 11) is 0. The first-order valence-electron chi connectivity index (χ1n) is 6.50. The van der Waals surface area contributed by atoms with Gasteiger partial charge in [-0.05, 0) is 41.9 Å². The van der Waals surface area contributed by atoms with Crippen LogP contribution >= 0.6 is 15.9 Å². The van der Waals surface area contributed by atoms with Gasteiger partial charge in [-0.25, -0.2) is 4.39 Å². The zero-order chi connectivity index (χ0) is 13.8. The number of morpholine rings is 1. The van der Waals surface area contributed by atoms with E-state index >= 15 is 0 Å². The number of hydrogen-bond donors (Lipinski definition) is 0. The molecule has 0 N–H and O–H groups in total. The molecule has 0 aromatic heterocycles. The Labute approximate surface area is 121 Å². The molecule has 0 spiro atoms. The predicted octanol–water partition coefficient (Wildman–Crippen LogP) is 3.08. The van der Waals surface area contributed by atoms with E-state index in [1.165, 1.54) is 6.07 Å². The van der Waals surface area contributed by atoms with E-state index in [2.05, 4.69) is 34.7 Å². The van der Waals surface area contributed by atoms with Crippen LogP contribution in [0.25, 0.3) is 0 Å². The van der Waals surface area contributed by atoms with Gasteiger partial charge in [0, 0.05) is 25.2 Å². The van der Waals surface area contributed by atoms with Gasteiger partial charge in [-0.1, -0.05) is 0 Å². The number of rotatable bonds is 4. The van der Waals surface area contributed by atoms with E-state index in [0.29, 0.717) is 22.9 Å². The Kier molecular flexibility index (Phi) is 5.19. The number of nitrogens with zero attached hydrogens (tertiary/aromatic N) is 1. The van der Waals surface area contributed by atoms with Crippen molar-refractivity contribution >= 4 is 15.9 Å². The number of halogens is 2. The zero-order valence-electron chi connectivity index (χ0n) is 11.2. The molecule has 106 valence electrons. The lowest BCUT2D eigenvalue weighted by molar-refractivity contribution is -0.0564. The Hall–Kier alpha value is -0.650. The summed E-state index contributed by atoms with van der Waals surface area (Å²) in [6.45, 7) is 7.34. The Balaban J connectivity index is 1.86. The highest BCUT2D eigenvalue weighted by Gasteiger charge is 2.22. The van der Waals surface area contributed by atoms with Crippen LogP contribution in [-0.4, -0.2) is 43.3 Å². The fourth-order valence-electron chi connectivity index (χ4n) is 2.07. The van der Waals surface area contributed by atoms with Crippen molar-refractivity contribution in [1.29, 1.82) is 0 Å². The van der Waals surface area contributed by atoms with Gasteiger partial charge in [-0.3, -0.25) is 4.90 Å². The minimum atomic E-state index is -0.314. The molecule has 0 bridgehead atoms. The van der Waals surface area contributed by atoms with Gasteiger partial charge in [0.1, 0.15) is 24.3 Å². The zero-order valence-corrected chi connectivity index (χ0v) is 12.8. The molecular weight excluding hydrogens is 313 g/mol. The van der Waals surface area contributed by atoms with E-state index in [1.807, 2.05) is 0 Å². The van der Waals surface area contributed by atoms with Crippen LogP contribution in [0.4, 0.5) is 4.39 Å². The third kappa shape index (κ3) is 4.16. The maximum atomic E-state index is 13.3. The molecule has 0 amide bonds. The molecule has 1 aromatic rings. The van der Waals surface area contributed by atoms with E-state index in [-0.39, 0.29) is 11.9 Å². The molecule has 1 aliphatic heterocycles. The minimum absolute atomic E-state index is 0.0443. The Morgan fingerprint density at radius 3 is 3.00 bits per heavy atom. The molecule has 1 aliphatic rings. The average Bonchev–Trinajstić information content (AvgIpc) is 2.40. The maximum Gasteiger partial charge on any atom is 0.141 e. The van der Waals surface area contributed by atoms with Crippen molar-refractivity contribution in [2.75, 3.05) is 26.3 Å². The summed E-state index contributed by atoms with van der Waals surface area (Å²) in [4.78, 5) is 2.36. The predicted molar refractivity (Wildman–Crippen MR) is 76.0 cm³/mol. The van der Waals surface area contributed by atoms with Gasteiger partial charge >= 0.3 is 0 Å². The lowest BCUT2D eigenvalue weighted by atomic mass is 10.2. The molecule has 19 heavy (non-hydrogen) atoms. The molecule has 1 aromatic carbocycles. The van der Waals surface area contributed by atoms with E-state index in [1.54, 1.807) is 12.1 Å². The monoisotopic (exact) mass is 331 g/mol. The standard InChI is InChI=1S/C14H19BrFNO2/c1-10(2)17-5-6-18-12(8-17)9-19-11-3-4-13(15)14(16)7-11/h3-4,7,10,12H,5-6,8-9H2,1-2H3. The number of hydrogen-bond acceptors (Lipinski definition) is 3. The van der Waals surface area contributed by atoms with Crippen LogP contribution in [0.5, 0.6) is 5.75 Å². The highest BCUT2D eigenvalue weighted by atomic mass is 79.9. The highest BCUT2D eigenvalue weighted by molar-refractivity contribution is 9.10. The van der Waals surface area contributed by atoms with Crippen molar-refractivity contribution in [1.82, 2.24) is 4.90 Å². The van der Waals surface area contributed by atoms with Crippen molar-refractivity contribution < 1.29 is 13.9 Å². The van der Waals surface area contributed by atoms with Crippen LogP contribution in [0.15, 0.2) is 22.7 Å². The quantitative estimate of drug-likeness (QED) is 0.846. The Bertz CT molecular complexity index is 428. The SMILES string of the molecule is CC(C)N1CCOC(COc2ccc(Br)c(F)c2)C1. The third-order valence-corrected chi connectivity index (χ3v) is 3.87. The second-order valence-electron chi connectivity index (χ2n) is 4.97. The Morgan fingerprint density at radius 2 is 2.32 bits per heavy atom. The minimum Gasteiger partial charge on any atom is -0.491 e. The van der Waals surface area contributed by atoms with Crippen LogP contribution in [0.2, 0.25) is 0 Å². The number of benzene rings is 1. The van der Waals surface area contributed by atoms with Crippen molar-refractivity contribution in [3.05, 3.63) is 28.5 Å². The van der Waals surface area contributed by atoms with Crippen molar-refractivity contribution in [2.45, 2.75) is 26.0 Å². The first kappa shape index (κ1) is 14.8. The summed E-state index contributed by atoms with van der Waals surface area (Å²) < 4.78 is 25.1. The maximum absolute atomic E-state index is 13.3. The van der Waals surface area contributed by atoms with E-state index in [9.17, 15) is 4.39 Å². The molecule has 0 aliphatic carbocycles. The van der Waals surface area contributed by atoms with Crippen LogP contribution in [0.1, 0.15) is 13.8 Å². The number of ether oxygens (including phenoxy) is 2. The summed E-state index contributed by atoms with van der Waals surface area (Å²) in [6, 6.07) is 5.28. The molecule has 1 atom stereocenters. The molecule has 1 saturated heterocycles. The smallest absolute Gasteiger partial charge is 0.141 e. The van der Waals surface area contributed by atoms with Gasteiger partial charge in [-0.2, -0.15) is 0 Å². The molecule has 0 saturated carbocycles. The first-order chi connectivity index (χ1) is 9.06. The Morgan fingerprint density at radius 1 is 1.53 bits per heavy atom. The molecule has 0 radical (unpaired) electrons. The third-order valence-electron chi connectivity index (χ3n) is 3.23.